The van der Waals surface area contributed by atoms with Crippen LogP contribution >= 0.6 is 11.8 Å². The van der Waals surface area contributed by atoms with Gasteiger partial charge in [-0.05, 0) is 38.3 Å². The molecule has 1 atom stereocenters. The third-order valence-electron chi connectivity index (χ3n) is 3.77. The van der Waals surface area contributed by atoms with Crippen LogP contribution in [-0.2, 0) is 0 Å². The van der Waals surface area contributed by atoms with E-state index >= 15 is 0 Å². The van der Waals surface area contributed by atoms with Crippen LogP contribution in [0.15, 0.2) is 24.3 Å². The van der Waals surface area contributed by atoms with E-state index in [1.807, 2.05) is 18.2 Å². The normalized spacial score (nSPS) is 21.3. The van der Waals surface area contributed by atoms with Gasteiger partial charge in [0.15, 0.2) is 0 Å². The quantitative estimate of drug-likeness (QED) is 0.915. The summed E-state index contributed by atoms with van der Waals surface area (Å²) in [6.07, 6.45) is 0.491. The molecule has 1 aliphatic heterocycles. The van der Waals surface area contributed by atoms with E-state index in [2.05, 4.69) is 43.5 Å². The van der Waals surface area contributed by atoms with E-state index in [1.165, 1.54) is 11.3 Å². The van der Waals surface area contributed by atoms with E-state index in [1.54, 1.807) is 0 Å². The topological polar surface area (TPSA) is 23.5 Å². The van der Waals surface area contributed by atoms with Crippen molar-refractivity contribution >= 4 is 11.8 Å². The van der Waals surface area contributed by atoms with Gasteiger partial charge in [-0.25, -0.2) is 0 Å². The maximum Gasteiger partial charge on any atom is 0.0804 e. The van der Waals surface area contributed by atoms with Gasteiger partial charge < -0.3 is 10.0 Å². The molecule has 106 valence electrons. The Bertz CT molecular complexity index is 419. The van der Waals surface area contributed by atoms with Crippen LogP contribution in [0.25, 0.3) is 0 Å². The number of hydrogen-bond donors (Lipinski definition) is 1. The van der Waals surface area contributed by atoms with Crippen molar-refractivity contribution in [1.29, 1.82) is 0 Å². The van der Waals surface area contributed by atoms with Crippen LogP contribution < -0.4 is 0 Å². The minimum atomic E-state index is -0.334. The molecule has 0 aliphatic carbocycles. The lowest BCUT2D eigenvalue weighted by Crippen LogP contribution is -2.43. The minimum absolute atomic E-state index is 0.334. The lowest BCUT2D eigenvalue weighted by Gasteiger charge is -2.37. The van der Waals surface area contributed by atoms with Crippen molar-refractivity contribution < 1.29 is 5.11 Å². The molecule has 0 radical (unpaired) electrons. The van der Waals surface area contributed by atoms with E-state index in [0.29, 0.717) is 4.75 Å². The second kappa shape index (κ2) is 6.29. The van der Waals surface area contributed by atoms with Gasteiger partial charge >= 0.3 is 0 Å². The molecule has 3 heteroatoms. The Balaban J connectivity index is 1.87. The lowest BCUT2D eigenvalue weighted by molar-refractivity contribution is 0.139. The predicted molar refractivity (Wildman–Crippen MR) is 83.7 cm³/mol. The average molecular weight is 279 g/mol. The first-order chi connectivity index (χ1) is 8.98. The molecule has 1 saturated heterocycles. The molecule has 0 amide bonds. The van der Waals surface area contributed by atoms with Crippen LogP contribution in [-0.4, -0.2) is 40.1 Å². The highest BCUT2D eigenvalue weighted by Gasteiger charge is 2.27. The van der Waals surface area contributed by atoms with Crippen LogP contribution in [0.5, 0.6) is 0 Å². The van der Waals surface area contributed by atoms with Gasteiger partial charge in [0, 0.05) is 30.1 Å². The SMILES string of the molecule is Cc1ccccc1C(O)CCN1CCSC(C)(C)C1. The fourth-order valence-electron chi connectivity index (χ4n) is 2.73. The summed E-state index contributed by atoms with van der Waals surface area (Å²) in [5, 5.41) is 10.3. The summed E-state index contributed by atoms with van der Waals surface area (Å²) in [5.74, 6) is 1.20. The Morgan fingerprint density at radius 2 is 2.11 bits per heavy atom. The highest BCUT2D eigenvalue weighted by Crippen LogP contribution is 2.30. The summed E-state index contributed by atoms with van der Waals surface area (Å²) in [5.41, 5.74) is 2.26. The first kappa shape index (κ1) is 14.9. The van der Waals surface area contributed by atoms with Crippen molar-refractivity contribution in [2.24, 2.45) is 0 Å². The first-order valence-electron chi connectivity index (χ1n) is 7.08. The molecule has 1 aliphatic rings. The summed E-state index contributed by atoms with van der Waals surface area (Å²) >= 11 is 2.05. The Labute approximate surface area is 121 Å². The van der Waals surface area contributed by atoms with Crippen LogP contribution in [0, 0.1) is 6.92 Å². The Hall–Kier alpha value is -0.510. The molecule has 0 aromatic heterocycles. The lowest BCUT2D eigenvalue weighted by atomic mass is 10.0. The number of benzene rings is 1. The van der Waals surface area contributed by atoms with Gasteiger partial charge in [-0.2, -0.15) is 11.8 Å². The van der Waals surface area contributed by atoms with Gasteiger partial charge in [-0.3, -0.25) is 0 Å². The van der Waals surface area contributed by atoms with Crippen molar-refractivity contribution in [3.05, 3.63) is 35.4 Å². The van der Waals surface area contributed by atoms with Gasteiger partial charge in [-0.15, -0.1) is 0 Å². The highest BCUT2D eigenvalue weighted by atomic mass is 32.2. The largest absolute Gasteiger partial charge is 0.388 e. The molecule has 1 aromatic carbocycles. The predicted octanol–water partition coefficient (Wildman–Crippen LogP) is 3.25. The van der Waals surface area contributed by atoms with Crippen molar-refractivity contribution in [2.45, 2.75) is 38.0 Å². The Kier molecular flexibility index (Phi) is 4.93. The van der Waals surface area contributed by atoms with E-state index < -0.39 is 0 Å². The highest BCUT2D eigenvalue weighted by molar-refractivity contribution is 8.00. The van der Waals surface area contributed by atoms with Crippen molar-refractivity contribution in [3.63, 3.8) is 0 Å². The van der Waals surface area contributed by atoms with E-state index in [0.717, 1.165) is 31.6 Å². The summed E-state index contributed by atoms with van der Waals surface area (Å²) in [4.78, 5) is 2.48. The smallest absolute Gasteiger partial charge is 0.0804 e. The third kappa shape index (κ3) is 4.23. The molecule has 19 heavy (non-hydrogen) atoms. The van der Waals surface area contributed by atoms with Gasteiger partial charge in [0.25, 0.3) is 0 Å². The number of hydrogen-bond acceptors (Lipinski definition) is 3. The van der Waals surface area contributed by atoms with Gasteiger partial charge in [0.05, 0.1) is 6.10 Å². The fourth-order valence-corrected chi connectivity index (χ4v) is 3.90. The number of aliphatic hydroxyl groups is 1. The number of thioether (sulfide) groups is 1. The molecular formula is C16H25NOS. The molecule has 1 N–H and O–H groups in total. The second-order valence-electron chi connectivity index (χ2n) is 6.05. The van der Waals surface area contributed by atoms with Gasteiger partial charge in [0.2, 0.25) is 0 Å². The fraction of sp³-hybridized carbons (Fsp3) is 0.625. The minimum Gasteiger partial charge on any atom is -0.388 e. The number of rotatable bonds is 4. The molecule has 2 nitrogen and oxygen atoms in total. The van der Waals surface area contributed by atoms with Gasteiger partial charge in [-0.1, -0.05) is 24.3 Å². The number of aryl methyl sites for hydroxylation is 1. The zero-order valence-electron chi connectivity index (χ0n) is 12.2. The standard InChI is InChI=1S/C16H25NOS/c1-13-6-4-5-7-14(13)15(18)8-9-17-10-11-19-16(2,3)12-17/h4-7,15,18H,8-12H2,1-3H3. The summed E-state index contributed by atoms with van der Waals surface area (Å²) < 4.78 is 0.353. The molecule has 1 aromatic rings. The average Bonchev–Trinajstić information content (AvgIpc) is 2.35. The molecule has 0 bridgehead atoms. The first-order valence-corrected chi connectivity index (χ1v) is 8.06. The molecule has 2 rings (SSSR count). The summed E-state index contributed by atoms with van der Waals surface area (Å²) in [6, 6.07) is 8.14. The van der Waals surface area contributed by atoms with E-state index in [4.69, 9.17) is 0 Å². The molecular weight excluding hydrogens is 254 g/mol. The van der Waals surface area contributed by atoms with Crippen molar-refractivity contribution in [3.8, 4) is 0 Å². The third-order valence-corrected chi connectivity index (χ3v) is 5.07. The zero-order valence-corrected chi connectivity index (χ0v) is 13.0. The summed E-state index contributed by atoms with van der Waals surface area (Å²) in [7, 11) is 0. The maximum absolute atomic E-state index is 10.3. The van der Waals surface area contributed by atoms with E-state index in [-0.39, 0.29) is 6.10 Å². The zero-order chi connectivity index (χ0) is 13.9. The maximum atomic E-state index is 10.3. The number of nitrogens with zero attached hydrogens (tertiary/aromatic N) is 1. The molecule has 1 unspecified atom stereocenters. The number of aliphatic hydroxyl groups excluding tert-OH is 1. The second-order valence-corrected chi connectivity index (χ2v) is 7.85. The Morgan fingerprint density at radius 3 is 2.79 bits per heavy atom. The van der Waals surface area contributed by atoms with Crippen LogP contribution in [0.3, 0.4) is 0 Å². The molecule has 1 fully saturated rings. The van der Waals surface area contributed by atoms with Crippen LogP contribution in [0.1, 0.15) is 37.5 Å². The molecule has 1 heterocycles. The van der Waals surface area contributed by atoms with Crippen LogP contribution in [0.2, 0.25) is 0 Å². The van der Waals surface area contributed by atoms with Crippen molar-refractivity contribution in [2.75, 3.05) is 25.4 Å². The van der Waals surface area contributed by atoms with Crippen LogP contribution in [0.4, 0.5) is 0 Å². The Morgan fingerprint density at radius 1 is 1.37 bits per heavy atom. The van der Waals surface area contributed by atoms with E-state index in [9.17, 15) is 5.11 Å². The summed E-state index contributed by atoms with van der Waals surface area (Å²) in [6.45, 7) is 9.94. The molecule has 0 spiro atoms. The monoisotopic (exact) mass is 279 g/mol. The van der Waals surface area contributed by atoms with Crippen molar-refractivity contribution in [1.82, 2.24) is 4.90 Å². The van der Waals surface area contributed by atoms with Gasteiger partial charge in [0.1, 0.15) is 0 Å². The molecule has 0 saturated carbocycles.